The van der Waals surface area contributed by atoms with Crippen molar-refractivity contribution in [2.45, 2.75) is 45.4 Å². The highest BCUT2D eigenvalue weighted by atomic mass is 19.1. The second-order valence-corrected chi connectivity index (χ2v) is 5.39. The summed E-state index contributed by atoms with van der Waals surface area (Å²) >= 11 is 0. The molecule has 2 nitrogen and oxygen atoms in total. The molecular formula is C15H22FNO. The standard InChI is InChI=1S/C15H22FNO/c1-11(8-14-4-6-15(16)7-5-14)17-9-12(2)18-13(3)10-17/h4-7,11-13H,8-10H2,1-3H3/t11-,12-,13-/m1/s1. The largest absolute Gasteiger partial charge is 0.373 e. The van der Waals surface area contributed by atoms with E-state index in [1.807, 2.05) is 12.1 Å². The van der Waals surface area contributed by atoms with Gasteiger partial charge in [-0.25, -0.2) is 4.39 Å². The first-order valence-electron chi connectivity index (χ1n) is 6.68. The lowest BCUT2D eigenvalue weighted by molar-refractivity contribution is -0.0782. The number of hydrogen-bond donors (Lipinski definition) is 0. The van der Waals surface area contributed by atoms with Gasteiger partial charge >= 0.3 is 0 Å². The normalized spacial score (nSPS) is 27.1. The van der Waals surface area contributed by atoms with Gasteiger partial charge in [0.25, 0.3) is 0 Å². The Kier molecular flexibility index (Phi) is 4.36. The van der Waals surface area contributed by atoms with Crippen LogP contribution in [0.1, 0.15) is 26.3 Å². The van der Waals surface area contributed by atoms with Crippen LogP contribution in [0, 0.1) is 5.82 Å². The van der Waals surface area contributed by atoms with E-state index in [1.54, 1.807) is 0 Å². The van der Waals surface area contributed by atoms with Crippen LogP contribution in [-0.4, -0.2) is 36.2 Å². The number of nitrogens with zero attached hydrogens (tertiary/aromatic N) is 1. The number of ether oxygens (including phenoxy) is 1. The predicted octanol–water partition coefficient (Wildman–Crippen LogP) is 2.87. The first-order valence-corrected chi connectivity index (χ1v) is 6.68. The molecule has 3 atom stereocenters. The molecule has 1 aromatic carbocycles. The summed E-state index contributed by atoms with van der Waals surface area (Å²) in [4.78, 5) is 2.46. The maximum absolute atomic E-state index is 12.9. The summed E-state index contributed by atoms with van der Waals surface area (Å²) in [6, 6.07) is 7.28. The second-order valence-electron chi connectivity index (χ2n) is 5.39. The third kappa shape index (κ3) is 3.53. The summed E-state index contributed by atoms with van der Waals surface area (Å²) in [6.07, 6.45) is 1.55. The van der Waals surface area contributed by atoms with E-state index in [9.17, 15) is 4.39 Å². The molecular weight excluding hydrogens is 229 g/mol. The van der Waals surface area contributed by atoms with Crippen LogP contribution in [0.3, 0.4) is 0 Å². The first kappa shape index (κ1) is 13.5. The van der Waals surface area contributed by atoms with Gasteiger partial charge in [-0.15, -0.1) is 0 Å². The van der Waals surface area contributed by atoms with Gasteiger partial charge in [-0.2, -0.15) is 0 Å². The summed E-state index contributed by atoms with van der Waals surface area (Å²) in [5.41, 5.74) is 1.19. The third-order valence-electron chi connectivity index (χ3n) is 3.52. The highest BCUT2D eigenvalue weighted by Gasteiger charge is 2.25. The minimum atomic E-state index is -0.167. The van der Waals surface area contributed by atoms with Crippen molar-refractivity contribution >= 4 is 0 Å². The Morgan fingerprint density at radius 1 is 1.22 bits per heavy atom. The Bertz CT molecular complexity index is 369. The van der Waals surface area contributed by atoms with E-state index in [0.29, 0.717) is 18.2 Å². The Morgan fingerprint density at radius 2 is 1.78 bits per heavy atom. The van der Waals surface area contributed by atoms with Crippen LogP contribution < -0.4 is 0 Å². The molecule has 0 N–H and O–H groups in total. The minimum absolute atomic E-state index is 0.167. The van der Waals surface area contributed by atoms with Crippen molar-refractivity contribution in [1.29, 1.82) is 0 Å². The van der Waals surface area contributed by atoms with Gasteiger partial charge in [-0.1, -0.05) is 12.1 Å². The third-order valence-corrected chi connectivity index (χ3v) is 3.52. The van der Waals surface area contributed by atoms with Gasteiger partial charge in [0.15, 0.2) is 0 Å². The molecule has 1 heterocycles. The van der Waals surface area contributed by atoms with Crippen molar-refractivity contribution in [3.8, 4) is 0 Å². The van der Waals surface area contributed by atoms with Gasteiger partial charge in [-0.3, -0.25) is 4.90 Å². The zero-order valence-corrected chi connectivity index (χ0v) is 11.4. The first-order chi connectivity index (χ1) is 8.54. The van der Waals surface area contributed by atoms with Crippen molar-refractivity contribution in [3.05, 3.63) is 35.6 Å². The molecule has 0 unspecified atom stereocenters. The summed E-state index contributed by atoms with van der Waals surface area (Å²) in [5, 5.41) is 0. The van der Waals surface area contributed by atoms with Crippen LogP contribution in [0.4, 0.5) is 4.39 Å². The van der Waals surface area contributed by atoms with E-state index in [1.165, 1.54) is 17.7 Å². The number of halogens is 1. The van der Waals surface area contributed by atoms with Crippen LogP contribution in [0.25, 0.3) is 0 Å². The summed E-state index contributed by atoms with van der Waals surface area (Å²) in [5.74, 6) is -0.167. The van der Waals surface area contributed by atoms with Crippen LogP contribution >= 0.6 is 0 Å². The molecule has 1 aliphatic heterocycles. The molecule has 18 heavy (non-hydrogen) atoms. The summed E-state index contributed by atoms with van der Waals surface area (Å²) < 4.78 is 18.6. The van der Waals surface area contributed by atoms with Gasteiger partial charge in [0.1, 0.15) is 5.82 Å². The average Bonchev–Trinajstić information content (AvgIpc) is 2.31. The molecule has 1 aliphatic rings. The van der Waals surface area contributed by atoms with E-state index in [0.717, 1.165) is 19.5 Å². The smallest absolute Gasteiger partial charge is 0.123 e. The van der Waals surface area contributed by atoms with Gasteiger partial charge < -0.3 is 4.74 Å². The molecule has 1 aromatic rings. The van der Waals surface area contributed by atoms with Gasteiger partial charge in [-0.05, 0) is 44.9 Å². The van der Waals surface area contributed by atoms with Crippen LogP contribution in [0.5, 0.6) is 0 Å². The van der Waals surface area contributed by atoms with E-state index >= 15 is 0 Å². The lowest BCUT2D eigenvalue weighted by atomic mass is 10.0. The molecule has 0 bridgehead atoms. The fraction of sp³-hybridized carbons (Fsp3) is 0.600. The van der Waals surface area contributed by atoms with Gasteiger partial charge in [0.05, 0.1) is 12.2 Å². The number of hydrogen-bond acceptors (Lipinski definition) is 2. The molecule has 0 aliphatic carbocycles. The quantitative estimate of drug-likeness (QED) is 0.819. The maximum atomic E-state index is 12.9. The molecule has 1 saturated heterocycles. The fourth-order valence-corrected chi connectivity index (χ4v) is 2.67. The van der Waals surface area contributed by atoms with E-state index in [2.05, 4.69) is 25.7 Å². The van der Waals surface area contributed by atoms with Gasteiger partial charge in [0.2, 0.25) is 0 Å². The van der Waals surface area contributed by atoms with E-state index < -0.39 is 0 Å². The molecule has 100 valence electrons. The highest BCUT2D eigenvalue weighted by Crippen LogP contribution is 2.16. The van der Waals surface area contributed by atoms with Gasteiger partial charge in [0, 0.05) is 19.1 Å². The van der Waals surface area contributed by atoms with E-state index in [4.69, 9.17) is 4.74 Å². The lowest BCUT2D eigenvalue weighted by Crippen LogP contribution is -2.49. The van der Waals surface area contributed by atoms with Crippen molar-refractivity contribution in [2.75, 3.05) is 13.1 Å². The maximum Gasteiger partial charge on any atom is 0.123 e. The second kappa shape index (κ2) is 5.81. The van der Waals surface area contributed by atoms with Crippen molar-refractivity contribution in [3.63, 3.8) is 0 Å². The molecule has 0 saturated carbocycles. The lowest BCUT2D eigenvalue weighted by Gasteiger charge is -2.39. The Labute approximate surface area is 109 Å². The van der Waals surface area contributed by atoms with Crippen molar-refractivity contribution < 1.29 is 9.13 Å². The molecule has 3 heteroatoms. The monoisotopic (exact) mass is 251 g/mol. The zero-order valence-electron chi connectivity index (χ0n) is 11.4. The molecule has 0 amide bonds. The predicted molar refractivity (Wildman–Crippen MR) is 71.1 cm³/mol. The van der Waals surface area contributed by atoms with Crippen molar-refractivity contribution in [2.24, 2.45) is 0 Å². The van der Waals surface area contributed by atoms with Crippen molar-refractivity contribution in [1.82, 2.24) is 4.90 Å². The van der Waals surface area contributed by atoms with Crippen LogP contribution in [0.2, 0.25) is 0 Å². The number of rotatable bonds is 3. The number of morpholine rings is 1. The molecule has 0 spiro atoms. The molecule has 1 fully saturated rings. The SMILES string of the molecule is C[C@@H]1CN([C@H](C)Cc2ccc(F)cc2)C[C@@H](C)O1. The molecule has 0 aromatic heterocycles. The van der Waals surface area contributed by atoms with Crippen LogP contribution in [0.15, 0.2) is 24.3 Å². The zero-order chi connectivity index (χ0) is 13.1. The number of benzene rings is 1. The minimum Gasteiger partial charge on any atom is -0.373 e. The Morgan fingerprint density at radius 3 is 2.33 bits per heavy atom. The summed E-state index contributed by atoms with van der Waals surface area (Å²) in [7, 11) is 0. The molecule has 0 radical (unpaired) electrons. The average molecular weight is 251 g/mol. The fourth-order valence-electron chi connectivity index (χ4n) is 2.67. The topological polar surface area (TPSA) is 12.5 Å². The Hall–Kier alpha value is -0.930. The van der Waals surface area contributed by atoms with E-state index in [-0.39, 0.29) is 5.82 Å². The highest BCUT2D eigenvalue weighted by molar-refractivity contribution is 5.17. The molecule has 2 rings (SSSR count). The summed E-state index contributed by atoms with van der Waals surface area (Å²) in [6.45, 7) is 8.42. The Balaban J connectivity index is 1.94. The van der Waals surface area contributed by atoms with Crippen LogP contribution in [-0.2, 0) is 11.2 Å².